The first-order valence-electron chi connectivity index (χ1n) is 7.69. The Bertz CT molecular complexity index is 505. The topological polar surface area (TPSA) is 20.2 Å². The van der Waals surface area contributed by atoms with Crippen LogP contribution in [0.15, 0.2) is 12.1 Å². The van der Waals surface area contributed by atoms with Gasteiger partial charge in [0.1, 0.15) is 5.75 Å². The van der Waals surface area contributed by atoms with Crippen LogP contribution in [0.5, 0.6) is 5.75 Å². The van der Waals surface area contributed by atoms with Crippen LogP contribution >= 0.6 is 0 Å². The van der Waals surface area contributed by atoms with E-state index in [1.165, 1.54) is 48.8 Å². The van der Waals surface area contributed by atoms with Gasteiger partial charge in [0.25, 0.3) is 0 Å². The molecule has 3 rings (SSSR count). The predicted octanol–water partition coefficient (Wildman–Crippen LogP) is 5.01. The van der Waals surface area contributed by atoms with Gasteiger partial charge in [0.05, 0.1) is 0 Å². The molecule has 0 amide bonds. The van der Waals surface area contributed by atoms with E-state index in [1.54, 1.807) is 0 Å². The summed E-state index contributed by atoms with van der Waals surface area (Å²) in [6.07, 6.45) is 6.29. The minimum Gasteiger partial charge on any atom is -0.508 e. The zero-order valence-electron chi connectivity index (χ0n) is 12.7. The smallest absolute Gasteiger partial charge is 0.119 e. The van der Waals surface area contributed by atoms with E-state index in [9.17, 15) is 5.11 Å². The largest absolute Gasteiger partial charge is 0.508 e. The fourth-order valence-corrected chi connectivity index (χ4v) is 4.58. The molecule has 0 atom stereocenters. The molecule has 2 aliphatic carbocycles. The van der Waals surface area contributed by atoms with Crippen molar-refractivity contribution in [3.05, 3.63) is 28.8 Å². The Morgan fingerprint density at radius 2 is 1.47 bits per heavy atom. The van der Waals surface area contributed by atoms with Crippen LogP contribution in [-0.2, 0) is 10.8 Å². The normalized spacial score (nSPS) is 24.6. The van der Waals surface area contributed by atoms with Crippen LogP contribution in [0, 0.1) is 0 Å². The van der Waals surface area contributed by atoms with Crippen molar-refractivity contribution in [2.75, 3.05) is 0 Å². The first kappa shape index (κ1) is 13.0. The van der Waals surface area contributed by atoms with Crippen LogP contribution in [0.3, 0.4) is 0 Å². The molecule has 0 aromatic heterocycles. The van der Waals surface area contributed by atoms with Crippen molar-refractivity contribution in [1.82, 2.24) is 0 Å². The SMILES string of the molecule is CC1(C)CC(C)(C)c2cc(C3CCCC3)c(O)cc21. The van der Waals surface area contributed by atoms with E-state index in [-0.39, 0.29) is 10.8 Å². The molecule has 1 aromatic carbocycles. The molecule has 2 aliphatic rings. The Morgan fingerprint density at radius 1 is 0.947 bits per heavy atom. The molecule has 1 aromatic rings. The highest BCUT2D eigenvalue weighted by atomic mass is 16.3. The molecule has 104 valence electrons. The van der Waals surface area contributed by atoms with Crippen LogP contribution < -0.4 is 0 Å². The number of fused-ring (bicyclic) bond motifs is 1. The second-order valence-electron chi connectivity index (χ2n) is 7.88. The maximum Gasteiger partial charge on any atom is 0.119 e. The van der Waals surface area contributed by atoms with Crippen molar-refractivity contribution >= 4 is 0 Å². The second-order valence-corrected chi connectivity index (χ2v) is 7.88. The van der Waals surface area contributed by atoms with Gasteiger partial charge in [-0.15, -0.1) is 0 Å². The van der Waals surface area contributed by atoms with Gasteiger partial charge in [0.15, 0.2) is 0 Å². The highest BCUT2D eigenvalue weighted by Crippen LogP contribution is 2.52. The predicted molar refractivity (Wildman–Crippen MR) is 80.0 cm³/mol. The number of aromatic hydroxyl groups is 1. The summed E-state index contributed by atoms with van der Waals surface area (Å²) in [4.78, 5) is 0. The highest BCUT2D eigenvalue weighted by molar-refractivity contribution is 5.52. The van der Waals surface area contributed by atoms with Gasteiger partial charge in [-0.1, -0.05) is 46.6 Å². The average Bonchev–Trinajstić information content (AvgIpc) is 2.84. The monoisotopic (exact) mass is 258 g/mol. The number of hydrogen-bond acceptors (Lipinski definition) is 1. The van der Waals surface area contributed by atoms with Gasteiger partial charge in [0.2, 0.25) is 0 Å². The lowest BCUT2D eigenvalue weighted by atomic mass is 9.82. The molecule has 0 saturated heterocycles. The Hall–Kier alpha value is -0.980. The summed E-state index contributed by atoms with van der Waals surface area (Å²) in [7, 11) is 0. The number of phenolic OH excluding ortho intramolecular Hbond substituents is 1. The first-order chi connectivity index (χ1) is 8.81. The molecule has 1 N–H and O–H groups in total. The quantitative estimate of drug-likeness (QED) is 0.750. The first-order valence-corrected chi connectivity index (χ1v) is 7.69. The van der Waals surface area contributed by atoms with Crippen LogP contribution in [0.4, 0.5) is 0 Å². The van der Waals surface area contributed by atoms with Crippen molar-refractivity contribution in [3.63, 3.8) is 0 Å². The number of rotatable bonds is 1. The van der Waals surface area contributed by atoms with Crippen molar-refractivity contribution < 1.29 is 5.11 Å². The minimum atomic E-state index is 0.185. The molecule has 0 unspecified atom stereocenters. The highest BCUT2D eigenvalue weighted by Gasteiger charge is 2.42. The van der Waals surface area contributed by atoms with Gasteiger partial charge in [-0.3, -0.25) is 0 Å². The molecule has 0 bridgehead atoms. The van der Waals surface area contributed by atoms with Gasteiger partial charge in [-0.2, -0.15) is 0 Å². The number of hydrogen-bond donors (Lipinski definition) is 1. The van der Waals surface area contributed by atoms with Crippen LogP contribution in [0.1, 0.15) is 82.4 Å². The zero-order chi connectivity index (χ0) is 13.8. The summed E-state index contributed by atoms with van der Waals surface area (Å²) in [5, 5.41) is 10.4. The van der Waals surface area contributed by atoms with Gasteiger partial charge < -0.3 is 5.11 Å². The van der Waals surface area contributed by atoms with Crippen molar-refractivity contribution in [1.29, 1.82) is 0 Å². The fraction of sp³-hybridized carbons (Fsp3) is 0.667. The Labute approximate surface area is 117 Å². The summed E-state index contributed by atoms with van der Waals surface area (Å²) < 4.78 is 0. The van der Waals surface area contributed by atoms with E-state index < -0.39 is 0 Å². The third-order valence-electron chi connectivity index (χ3n) is 5.30. The van der Waals surface area contributed by atoms with Gasteiger partial charge in [-0.25, -0.2) is 0 Å². The van der Waals surface area contributed by atoms with Gasteiger partial charge in [0, 0.05) is 0 Å². The third-order valence-corrected chi connectivity index (χ3v) is 5.30. The molecular formula is C18H26O. The van der Waals surface area contributed by atoms with Gasteiger partial charge >= 0.3 is 0 Å². The molecule has 19 heavy (non-hydrogen) atoms. The van der Waals surface area contributed by atoms with Crippen LogP contribution in [-0.4, -0.2) is 5.11 Å². The standard InChI is InChI=1S/C18H26O/c1-17(2)11-18(3,4)15-10-16(19)13(9-14(15)17)12-7-5-6-8-12/h9-10,12,19H,5-8,11H2,1-4H3. The van der Waals surface area contributed by atoms with E-state index in [4.69, 9.17) is 0 Å². The van der Waals surface area contributed by atoms with Crippen molar-refractivity contribution in [2.24, 2.45) is 0 Å². The van der Waals surface area contributed by atoms with Crippen LogP contribution in [0.2, 0.25) is 0 Å². The molecule has 1 heteroatoms. The van der Waals surface area contributed by atoms with E-state index in [0.717, 1.165) is 0 Å². The minimum absolute atomic E-state index is 0.185. The summed E-state index contributed by atoms with van der Waals surface area (Å²) in [5.41, 5.74) is 4.46. The zero-order valence-corrected chi connectivity index (χ0v) is 12.7. The van der Waals surface area contributed by atoms with E-state index in [1.807, 2.05) is 0 Å². The lowest BCUT2D eigenvalue weighted by molar-refractivity contribution is 0.402. The van der Waals surface area contributed by atoms with E-state index in [0.29, 0.717) is 11.7 Å². The second kappa shape index (κ2) is 4.01. The Kier molecular flexibility index (Phi) is 2.75. The third kappa shape index (κ3) is 1.98. The molecule has 0 heterocycles. The summed E-state index contributed by atoms with van der Waals surface area (Å²) in [6.45, 7) is 9.29. The number of phenols is 1. The molecular weight excluding hydrogens is 232 g/mol. The maximum atomic E-state index is 10.4. The Balaban J connectivity index is 2.12. The molecule has 1 fully saturated rings. The number of benzene rings is 1. The van der Waals surface area contributed by atoms with Crippen LogP contribution in [0.25, 0.3) is 0 Å². The van der Waals surface area contributed by atoms with E-state index >= 15 is 0 Å². The van der Waals surface area contributed by atoms with E-state index in [2.05, 4.69) is 39.8 Å². The summed E-state index contributed by atoms with van der Waals surface area (Å²) >= 11 is 0. The molecule has 0 radical (unpaired) electrons. The fourth-order valence-electron chi connectivity index (χ4n) is 4.58. The molecule has 1 saturated carbocycles. The van der Waals surface area contributed by atoms with Crippen molar-refractivity contribution in [3.8, 4) is 5.75 Å². The van der Waals surface area contributed by atoms with Crippen molar-refractivity contribution in [2.45, 2.75) is 76.5 Å². The molecule has 0 aliphatic heterocycles. The lowest BCUT2D eigenvalue weighted by Crippen LogP contribution is -2.18. The average molecular weight is 258 g/mol. The van der Waals surface area contributed by atoms with Gasteiger partial charge in [-0.05, 0) is 58.8 Å². The lowest BCUT2D eigenvalue weighted by Gasteiger charge is -2.22. The Morgan fingerprint density at radius 3 is 2.05 bits per heavy atom. The summed E-state index contributed by atoms with van der Waals surface area (Å²) in [6, 6.07) is 4.40. The molecule has 0 spiro atoms. The maximum absolute atomic E-state index is 10.4. The summed E-state index contributed by atoms with van der Waals surface area (Å²) in [5.74, 6) is 1.13. The molecule has 1 nitrogen and oxygen atoms in total.